The Hall–Kier alpha value is -0.330. The van der Waals surface area contributed by atoms with Crippen LogP contribution in [0.1, 0.15) is 60.3 Å². The van der Waals surface area contributed by atoms with Gasteiger partial charge < -0.3 is 4.79 Å². The van der Waals surface area contributed by atoms with Crippen LogP contribution < -0.4 is 0 Å². The van der Waals surface area contributed by atoms with E-state index < -0.39 is 0 Å². The van der Waals surface area contributed by atoms with Crippen LogP contribution >= 0.6 is 0 Å². The third-order valence-corrected chi connectivity index (χ3v) is 1.97. The van der Waals surface area contributed by atoms with Crippen LogP contribution in [0, 0.1) is 5.41 Å². The molecule has 1 rings (SSSR count). The summed E-state index contributed by atoms with van der Waals surface area (Å²) in [6.45, 7) is 10.2. The molecule has 0 heterocycles. The zero-order valence-electron chi connectivity index (χ0n) is 9.31. The first-order valence-corrected chi connectivity index (χ1v) is 5.20. The molecule has 12 heavy (non-hydrogen) atoms. The molecule has 74 valence electrons. The van der Waals surface area contributed by atoms with Gasteiger partial charge in [0.05, 0.1) is 0 Å². The summed E-state index contributed by atoms with van der Waals surface area (Å²) in [7, 11) is 0. The van der Waals surface area contributed by atoms with E-state index in [-0.39, 0.29) is 0 Å². The van der Waals surface area contributed by atoms with Crippen molar-refractivity contribution in [3.63, 3.8) is 0 Å². The molecule has 0 aromatic rings. The molecular formula is C11H24O. The van der Waals surface area contributed by atoms with E-state index in [1.54, 1.807) is 0 Å². The molecule has 0 bridgehead atoms. The largest absolute Gasteiger partial charge is 0.303 e. The Bertz CT molecular complexity index is 93.2. The molecular weight excluding hydrogens is 148 g/mol. The maximum Gasteiger partial charge on any atom is 0.120 e. The van der Waals surface area contributed by atoms with Gasteiger partial charge in [-0.1, -0.05) is 34.6 Å². The fourth-order valence-corrected chi connectivity index (χ4v) is 0.871. The number of aldehydes is 1. The monoisotopic (exact) mass is 172 g/mol. The van der Waals surface area contributed by atoms with Crippen LogP contribution in [0.3, 0.4) is 0 Å². The van der Waals surface area contributed by atoms with Gasteiger partial charge in [-0.05, 0) is 24.7 Å². The van der Waals surface area contributed by atoms with Crippen molar-refractivity contribution in [2.75, 3.05) is 0 Å². The molecule has 0 aromatic heterocycles. The van der Waals surface area contributed by atoms with Crippen molar-refractivity contribution in [1.82, 2.24) is 0 Å². The van der Waals surface area contributed by atoms with E-state index in [9.17, 15) is 4.79 Å². The molecule has 1 heteroatoms. The maximum absolute atomic E-state index is 9.88. The highest BCUT2D eigenvalue weighted by atomic mass is 16.1. The number of carbonyl (C=O) groups excluding carboxylic acids is 1. The van der Waals surface area contributed by atoms with Crippen molar-refractivity contribution >= 4 is 6.29 Å². The SMILES string of the molecule is CC.CC.CC1(CCC=O)CC1. The number of hydrogen-bond donors (Lipinski definition) is 0. The Labute approximate surface area is 77.6 Å². The highest BCUT2D eigenvalue weighted by molar-refractivity contribution is 5.49. The smallest absolute Gasteiger partial charge is 0.120 e. The van der Waals surface area contributed by atoms with Crippen LogP contribution in [0.2, 0.25) is 0 Å². The Morgan fingerprint density at radius 2 is 1.58 bits per heavy atom. The molecule has 1 aliphatic carbocycles. The lowest BCUT2D eigenvalue weighted by molar-refractivity contribution is -0.108. The normalized spacial score (nSPS) is 16.1. The van der Waals surface area contributed by atoms with Crippen LogP contribution in [-0.2, 0) is 4.79 Å². The first-order valence-electron chi connectivity index (χ1n) is 5.20. The summed E-state index contributed by atoms with van der Waals surface area (Å²) in [4.78, 5) is 9.88. The van der Waals surface area contributed by atoms with Gasteiger partial charge in [0.25, 0.3) is 0 Å². The van der Waals surface area contributed by atoms with Crippen molar-refractivity contribution in [3.05, 3.63) is 0 Å². The molecule has 0 atom stereocenters. The van der Waals surface area contributed by atoms with Gasteiger partial charge in [0, 0.05) is 6.42 Å². The van der Waals surface area contributed by atoms with Gasteiger partial charge in [0.15, 0.2) is 0 Å². The van der Waals surface area contributed by atoms with Gasteiger partial charge in [-0.2, -0.15) is 0 Å². The lowest BCUT2D eigenvalue weighted by Gasteiger charge is -2.00. The third-order valence-electron chi connectivity index (χ3n) is 1.97. The first kappa shape index (κ1) is 14.2. The van der Waals surface area contributed by atoms with Crippen molar-refractivity contribution in [1.29, 1.82) is 0 Å². The molecule has 1 fully saturated rings. The van der Waals surface area contributed by atoms with E-state index in [0.717, 1.165) is 19.1 Å². The Morgan fingerprint density at radius 1 is 1.17 bits per heavy atom. The number of rotatable bonds is 3. The molecule has 0 amide bonds. The third kappa shape index (κ3) is 7.77. The van der Waals surface area contributed by atoms with E-state index in [0.29, 0.717) is 5.41 Å². The van der Waals surface area contributed by atoms with E-state index in [1.807, 2.05) is 27.7 Å². The highest BCUT2D eigenvalue weighted by Crippen LogP contribution is 2.48. The zero-order valence-corrected chi connectivity index (χ0v) is 9.31. The average molecular weight is 172 g/mol. The van der Waals surface area contributed by atoms with Crippen LogP contribution in [0.25, 0.3) is 0 Å². The van der Waals surface area contributed by atoms with Gasteiger partial charge >= 0.3 is 0 Å². The van der Waals surface area contributed by atoms with E-state index in [1.165, 1.54) is 12.8 Å². The maximum atomic E-state index is 9.88. The van der Waals surface area contributed by atoms with E-state index in [4.69, 9.17) is 0 Å². The molecule has 0 aliphatic heterocycles. The summed E-state index contributed by atoms with van der Waals surface area (Å²) in [5, 5.41) is 0. The highest BCUT2D eigenvalue weighted by Gasteiger charge is 2.35. The van der Waals surface area contributed by atoms with Crippen molar-refractivity contribution in [2.24, 2.45) is 5.41 Å². The molecule has 0 saturated heterocycles. The second-order valence-corrected chi connectivity index (χ2v) is 3.02. The first-order chi connectivity index (χ1) is 5.77. The summed E-state index contributed by atoms with van der Waals surface area (Å²) in [6.07, 6.45) is 5.55. The minimum atomic E-state index is 0.570. The van der Waals surface area contributed by atoms with Crippen LogP contribution in [0.15, 0.2) is 0 Å². The minimum Gasteiger partial charge on any atom is -0.303 e. The summed E-state index contributed by atoms with van der Waals surface area (Å²) in [5.74, 6) is 0. The predicted molar refractivity (Wildman–Crippen MR) is 55.3 cm³/mol. The molecule has 0 aromatic carbocycles. The quantitative estimate of drug-likeness (QED) is 0.591. The number of carbonyl (C=O) groups is 1. The second kappa shape index (κ2) is 8.76. The zero-order chi connectivity index (χ0) is 10.0. The van der Waals surface area contributed by atoms with E-state index in [2.05, 4.69) is 6.92 Å². The number of hydrogen-bond acceptors (Lipinski definition) is 1. The fraction of sp³-hybridized carbons (Fsp3) is 0.909. The summed E-state index contributed by atoms with van der Waals surface area (Å²) >= 11 is 0. The minimum absolute atomic E-state index is 0.570. The Balaban J connectivity index is 0. The molecule has 0 spiro atoms. The Morgan fingerprint density at radius 3 is 1.83 bits per heavy atom. The molecule has 1 aliphatic rings. The molecule has 0 N–H and O–H groups in total. The Kier molecular flexibility index (Phi) is 10.4. The molecule has 0 unspecified atom stereocenters. The predicted octanol–water partition coefficient (Wildman–Crippen LogP) is 3.82. The molecule has 1 saturated carbocycles. The topological polar surface area (TPSA) is 17.1 Å². The summed E-state index contributed by atoms with van der Waals surface area (Å²) < 4.78 is 0. The van der Waals surface area contributed by atoms with Gasteiger partial charge in [0.1, 0.15) is 6.29 Å². The van der Waals surface area contributed by atoms with Crippen molar-refractivity contribution in [3.8, 4) is 0 Å². The van der Waals surface area contributed by atoms with Gasteiger partial charge in [-0.15, -0.1) is 0 Å². The molecule has 1 nitrogen and oxygen atoms in total. The van der Waals surface area contributed by atoms with Gasteiger partial charge in [-0.25, -0.2) is 0 Å². The lowest BCUT2D eigenvalue weighted by atomic mass is 10.0. The fourth-order valence-electron chi connectivity index (χ4n) is 0.871. The van der Waals surface area contributed by atoms with Crippen LogP contribution in [0.5, 0.6) is 0 Å². The standard InChI is InChI=1S/C7H12O.2C2H6/c1-7(4-5-7)3-2-6-8;2*1-2/h6H,2-5H2,1H3;2*1-2H3. The van der Waals surface area contributed by atoms with Gasteiger partial charge in [-0.3, -0.25) is 0 Å². The average Bonchev–Trinajstić information content (AvgIpc) is 2.88. The summed E-state index contributed by atoms with van der Waals surface area (Å²) in [6, 6.07) is 0. The summed E-state index contributed by atoms with van der Waals surface area (Å²) in [5.41, 5.74) is 0.570. The molecule has 0 radical (unpaired) electrons. The van der Waals surface area contributed by atoms with Crippen molar-refractivity contribution in [2.45, 2.75) is 60.3 Å². The van der Waals surface area contributed by atoms with Crippen LogP contribution in [0.4, 0.5) is 0 Å². The van der Waals surface area contributed by atoms with Crippen molar-refractivity contribution < 1.29 is 4.79 Å². The van der Waals surface area contributed by atoms with E-state index >= 15 is 0 Å². The van der Waals surface area contributed by atoms with Gasteiger partial charge in [0.2, 0.25) is 0 Å². The lowest BCUT2D eigenvalue weighted by Crippen LogP contribution is -1.91. The van der Waals surface area contributed by atoms with Crippen LogP contribution in [-0.4, -0.2) is 6.29 Å². The second-order valence-electron chi connectivity index (χ2n) is 3.02.